The van der Waals surface area contributed by atoms with Gasteiger partial charge in [0.25, 0.3) is 5.69 Å². The summed E-state index contributed by atoms with van der Waals surface area (Å²) >= 11 is 0. The van der Waals surface area contributed by atoms with Gasteiger partial charge in [-0.2, -0.15) is 4.31 Å². The molecule has 0 atom stereocenters. The second kappa shape index (κ2) is 6.99. The summed E-state index contributed by atoms with van der Waals surface area (Å²) in [6.45, 7) is 2.47. The monoisotopic (exact) mass is 368 g/mol. The van der Waals surface area contributed by atoms with E-state index in [1.807, 2.05) is 0 Å². The molecule has 0 radical (unpaired) electrons. The Morgan fingerprint density at radius 2 is 2.08 bits per heavy atom. The first kappa shape index (κ1) is 18.5. The molecule has 2 rings (SSSR count). The number of non-ortho nitro benzene ring substituents is 1. The molecule has 0 aliphatic rings. The molecule has 1 aromatic carbocycles. The summed E-state index contributed by atoms with van der Waals surface area (Å²) in [6, 6.07) is 5.34. The van der Waals surface area contributed by atoms with Crippen molar-refractivity contribution in [2.75, 3.05) is 18.9 Å². The number of aryl methyl sites for hydroxylation is 2. The predicted molar refractivity (Wildman–Crippen MR) is 87.5 cm³/mol. The largest absolute Gasteiger partial charge is 0.360 e. The Morgan fingerprint density at radius 3 is 2.64 bits per heavy atom. The number of sulfonamides is 1. The smallest absolute Gasteiger partial charge is 0.271 e. The number of nitro groups is 1. The lowest BCUT2D eigenvalue weighted by Gasteiger charge is -2.16. The van der Waals surface area contributed by atoms with Crippen molar-refractivity contribution in [3.05, 3.63) is 45.8 Å². The van der Waals surface area contributed by atoms with Gasteiger partial charge in [-0.15, -0.1) is 0 Å². The standard InChI is InChI=1S/C14H16N4O6S/c1-9-14(10(2)24-16-9)25(22,23)17(3)8-13(19)15-11-5-4-6-12(7-11)18(20)21/h4-7H,8H2,1-3H3,(H,15,19). The third-order valence-electron chi connectivity index (χ3n) is 3.34. The third-order valence-corrected chi connectivity index (χ3v) is 5.39. The van der Waals surface area contributed by atoms with Crippen LogP contribution in [0.3, 0.4) is 0 Å². The molecule has 0 spiro atoms. The van der Waals surface area contributed by atoms with Crippen LogP contribution in [0, 0.1) is 24.0 Å². The van der Waals surface area contributed by atoms with Crippen molar-refractivity contribution in [3.63, 3.8) is 0 Å². The molecule has 0 fully saturated rings. The maximum atomic E-state index is 12.5. The Labute approximate surface area is 143 Å². The average molecular weight is 368 g/mol. The molecule has 1 N–H and O–H groups in total. The molecule has 11 heteroatoms. The summed E-state index contributed by atoms with van der Waals surface area (Å²) in [5, 5.41) is 16.8. The van der Waals surface area contributed by atoms with Gasteiger partial charge in [-0.3, -0.25) is 14.9 Å². The van der Waals surface area contributed by atoms with Crippen LogP contribution in [-0.2, 0) is 14.8 Å². The minimum atomic E-state index is -3.96. The molecular weight excluding hydrogens is 352 g/mol. The number of benzene rings is 1. The van der Waals surface area contributed by atoms with Gasteiger partial charge in [0.15, 0.2) is 5.76 Å². The molecule has 1 amide bonds. The van der Waals surface area contributed by atoms with Gasteiger partial charge in [0.05, 0.1) is 11.5 Å². The third kappa shape index (κ3) is 4.00. The van der Waals surface area contributed by atoms with E-state index in [4.69, 9.17) is 4.52 Å². The van der Waals surface area contributed by atoms with E-state index in [1.165, 1.54) is 45.2 Å². The first-order valence-electron chi connectivity index (χ1n) is 7.06. The van der Waals surface area contributed by atoms with E-state index >= 15 is 0 Å². The Hall–Kier alpha value is -2.79. The van der Waals surface area contributed by atoms with Crippen LogP contribution < -0.4 is 5.32 Å². The molecule has 0 saturated heterocycles. The van der Waals surface area contributed by atoms with Gasteiger partial charge in [-0.1, -0.05) is 11.2 Å². The van der Waals surface area contributed by atoms with Crippen LogP contribution in [0.1, 0.15) is 11.5 Å². The molecule has 10 nitrogen and oxygen atoms in total. The summed E-state index contributed by atoms with van der Waals surface area (Å²) in [4.78, 5) is 22.1. The predicted octanol–water partition coefficient (Wildman–Crippen LogP) is 1.46. The van der Waals surface area contributed by atoms with Crippen molar-refractivity contribution >= 4 is 27.3 Å². The number of aromatic nitrogens is 1. The van der Waals surface area contributed by atoms with E-state index < -0.39 is 27.4 Å². The number of likely N-dealkylation sites (N-methyl/N-ethyl adjacent to an activating group) is 1. The average Bonchev–Trinajstić information content (AvgIpc) is 2.86. The maximum absolute atomic E-state index is 12.5. The zero-order chi connectivity index (χ0) is 18.8. The van der Waals surface area contributed by atoms with E-state index in [2.05, 4.69) is 10.5 Å². The fraction of sp³-hybridized carbons (Fsp3) is 0.286. The highest BCUT2D eigenvalue weighted by atomic mass is 32.2. The summed E-state index contributed by atoms with van der Waals surface area (Å²) in [5.41, 5.74) is 0.209. The molecule has 1 heterocycles. The fourth-order valence-corrected chi connectivity index (χ4v) is 3.59. The molecule has 1 aromatic heterocycles. The number of nitrogens with zero attached hydrogens (tertiary/aromatic N) is 3. The van der Waals surface area contributed by atoms with Crippen LogP contribution in [0.2, 0.25) is 0 Å². The van der Waals surface area contributed by atoms with Crippen LogP contribution >= 0.6 is 0 Å². The Balaban J connectivity index is 2.12. The zero-order valence-electron chi connectivity index (χ0n) is 13.7. The van der Waals surface area contributed by atoms with Gasteiger partial charge < -0.3 is 9.84 Å². The maximum Gasteiger partial charge on any atom is 0.271 e. The Kier molecular flexibility index (Phi) is 5.18. The quantitative estimate of drug-likeness (QED) is 0.602. The van der Waals surface area contributed by atoms with Crippen molar-refractivity contribution in [3.8, 4) is 0 Å². The van der Waals surface area contributed by atoms with Gasteiger partial charge in [0.2, 0.25) is 15.9 Å². The molecule has 0 aliphatic heterocycles. The molecule has 0 unspecified atom stereocenters. The molecule has 134 valence electrons. The van der Waals surface area contributed by atoms with E-state index in [0.717, 1.165) is 4.31 Å². The fourth-order valence-electron chi connectivity index (χ4n) is 2.18. The van der Waals surface area contributed by atoms with Crippen LogP contribution in [0.25, 0.3) is 0 Å². The van der Waals surface area contributed by atoms with Gasteiger partial charge in [-0.05, 0) is 19.9 Å². The topological polar surface area (TPSA) is 136 Å². The number of nitro benzene ring substituents is 1. The first-order chi connectivity index (χ1) is 11.6. The first-order valence-corrected chi connectivity index (χ1v) is 8.50. The number of carbonyl (C=O) groups is 1. The van der Waals surface area contributed by atoms with Gasteiger partial charge in [-0.25, -0.2) is 8.42 Å². The molecule has 0 bridgehead atoms. The van der Waals surface area contributed by atoms with Crippen molar-refractivity contribution in [2.24, 2.45) is 0 Å². The normalized spacial score (nSPS) is 11.5. The minimum absolute atomic E-state index is 0.0850. The molecular formula is C14H16N4O6S. The van der Waals surface area contributed by atoms with Gasteiger partial charge >= 0.3 is 0 Å². The van der Waals surface area contributed by atoms with Crippen LogP contribution in [0.4, 0.5) is 11.4 Å². The van der Waals surface area contributed by atoms with E-state index in [0.29, 0.717) is 0 Å². The number of anilines is 1. The summed E-state index contributed by atoms with van der Waals surface area (Å²) in [7, 11) is -2.71. The van der Waals surface area contributed by atoms with Crippen molar-refractivity contribution in [1.82, 2.24) is 9.46 Å². The molecule has 0 saturated carbocycles. The Morgan fingerprint density at radius 1 is 1.40 bits per heavy atom. The summed E-state index contributed by atoms with van der Waals surface area (Å²) in [6.07, 6.45) is 0. The number of rotatable bonds is 6. The molecule has 0 aliphatic carbocycles. The van der Waals surface area contributed by atoms with E-state index in [9.17, 15) is 23.3 Å². The lowest BCUT2D eigenvalue weighted by atomic mass is 10.3. The van der Waals surface area contributed by atoms with Crippen molar-refractivity contribution in [2.45, 2.75) is 18.7 Å². The van der Waals surface area contributed by atoms with Gasteiger partial charge in [0, 0.05) is 24.9 Å². The highest BCUT2D eigenvalue weighted by Crippen LogP contribution is 2.22. The van der Waals surface area contributed by atoms with E-state index in [1.54, 1.807) is 0 Å². The lowest BCUT2D eigenvalue weighted by Crippen LogP contribution is -2.35. The van der Waals surface area contributed by atoms with Crippen molar-refractivity contribution < 1.29 is 22.7 Å². The SMILES string of the molecule is Cc1noc(C)c1S(=O)(=O)N(C)CC(=O)Nc1cccc([N+](=O)[O-])c1. The van der Waals surface area contributed by atoms with E-state index in [-0.39, 0.29) is 27.7 Å². The van der Waals surface area contributed by atoms with Gasteiger partial charge in [0.1, 0.15) is 10.6 Å². The second-order valence-corrected chi connectivity index (χ2v) is 7.25. The molecule has 25 heavy (non-hydrogen) atoms. The highest BCUT2D eigenvalue weighted by Gasteiger charge is 2.29. The Bertz CT molecular complexity index is 902. The van der Waals surface area contributed by atoms with Crippen LogP contribution in [0.15, 0.2) is 33.7 Å². The van der Waals surface area contributed by atoms with Crippen molar-refractivity contribution in [1.29, 1.82) is 0 Å². The van der Waals surface area contributed by atoms with Crippen LogP contribution in [0.5, 0.6) is 0 Å². The number of hydrogen-bond acceptors (Lipinski definition) is 7. The number of carbonyl (C=O) groups excluding carboxylic acids is 1. The number of hydrogen-bond donors (Lipinski definition) is 1. The zero-order valence-corrected chi connectivity index (χ0v) is 14.5. The minimum Gasteiger partial charge on any atom is -0.360 e. The summed E-state index contributed by atoms with van der Waals surface area (Å²) in [5.74, 6) is -0.512. The lowest BCUT2D eigenvalue weighted by molar-refractivity contribution is -0.384. The molecule has 2 aromatic rings. The summed E-state index contributed by atoms with van der Waals surface area (Å²) < 4.78 is 30.7. The highest BCUT2D eigenvalue weighted by molar-refractivity contribution is 7.89. The number of nitrogens with one attached hydrogen (secondary N) is 1. The number of amides is 1. The second-order valence-electron chi connectivity index (χ2n) is 5.27. The van der Waals surface area contributed by atoms with Crippen LogP contribution in [-0.4, -0.2) is 42.3 Å².